The second-order valence-corrected chi connectivity index (χ2v) is 7.97. The van der Waals surface area contributed by atoms with Gasteiger partial charge in [-0.05, 0) is 35.8 Å². The molecule has 0 radical (unpaired) electrons. The van der Waals surface area contributed by atoms with E-state index >= 15 is 0 Å². The zero-order valence-corrected chi connectivity index (χ0v) is 12.3. The highest BCUT2D eigenvalue weighted by atomic mass is 32.2. The largest absolute Gasteiger partial charge is 0.392 e. The Kier molecular flexibility index (Phi) is 3.84. The second kappa shape index (κ2) is 5.47. The van der Waals surface area contributed by atoms with E-state index in [1.54, 1.807) is 28.6 Å². The number of sulfonamides is 1. The first-order valence-corrected chi connectivity index (χ1v) is 8.86. The number of nitrogens with zero attached hydrogens (tertiary/aromatic N) is 1. The predicted octanol–water partition coefficient (Wildman–Crippen LogP) is 1.74. The molecule has 20 heavy (non-hydrogen) atoms. The summed E-state index contributed by atoms with van der Waals surface area (Å²) in [5, 5.41) is 9.00. The smallest absolute Gasteiger partial charge is 0.218 e. The van der Waals surface area contributed by atoms with E-state index < -0.39 is 10.0 Å². The number of rotatable bonds is 4. The first-order chi connectivity index (χ1) is 9.58. The molecule has 5 heteroatoms. The van der Waals surface area contributed by atoms with Gasteiger partial charge in [-0.1, -0.05) is 30.7 Å². The van der Waals surface area contributed by atoms with Gasteiger partial charge in [-0.2, -0.15) is 0 Å². The third kappa shape index (κ3) is 2.75. The lowest BCUT2D eigenvalue weighted by Gasteiger charge is -2.17. The molecule has 110 valence electrons. The number of fused-ring (bicyclic) bond motifs is 1. The maximum Gasteiger partial charge on any atom is 0.218 e. The molecule has 0 spiro atoms. The van der Waals surface area contributed by atoms with Crippen molar-refractivity contribution in [1.29, 1.82) is 0 Å². The van der Waals surface area contributed by atoms with Gasteiger partial charge in [-0.25, -0.2) is 12.7 Å². The normalized spacial score (nSPS) is 26.9. The van der Waals surface area contributed by atoms with Crippen LogP contribution in [0.5, 0.6) is 0 Å². The average Bonchev–Trinajstić information content (AvgIpc) is 3.00. The summed E-state index contributed by atoms with van der Waals surface area (Å²) in [6, 6.07) is 7.15. The van der Waals surface area contributed by atoms with Crippen LogP contribution in [0.2, 0.25) is 0 Å². The number of hydrogen-bond acceptors (Lipinski definition) is 3. The van der Waals surface area contributed by atoms with Gasteiger partial charge in [0.05, 0.1) is 12.4 Å². The van der Waals surface area contributed by atoms with Gasteiger partial charge in [0.15, 0.2) is 0 Å². The average molecular weight is 295 g/mol. The van der Waals surface area contributed by atoms with Crippen molar-refractivity contribution in [2.24, 2.45) is 11.8 Å². The molecule has 1 saturated carbocycles. The Morgan fingerprint density at radius 1 is 1.05 bits per heavy atom. The van der Waals surface area contributed by atoms with Crippen LogP contribution in [0.15, 0.2) is 24.3 Å². The van der Waals surface area contributed by atoms with E-state index in [1.165, 1.54) is 19.3 Å². The Morgan fingerprint density at radius 2 is 1.60 bits per heavy atom. The maximum atomic E-state index is 12.5. The molecule has 2 atom stereocenters. The van der Waals surface area contributed by atoms with Crippen LogP contribution in [0.25, 0.3) is 0 Å². The lowest BCUT2D eigenvalue weighted by Crippen LogP contribution is -2.30. The SMILES string of the molecule is O=S(=O)(Cc1ccc(CO)cc1)N1CC2CCCC2C1. The van der Waals surface area contributed by atoms with Crippen molar-refractivity contribution in [2.45, 2.75) is 31.6 Å². The van der Waals surface area contributed by atoms with Gasteiger partial charge >= 0.3 is 0 Å². The fraction of sp³-hybridized carbons (Fsp3) is 0.600. The van der Waals surface area contributed by atoms with Crippen LogP contribution in [0.1, 0.15) is 30.4 Å². The minimum absolute atomic E-state index is 0.0114. The van der Waals surface area contributed by atoms with Crippen LogP contribution in [0, 0.1) is 11.8 Å². The highest BCUT2D eigenvalue weighted by Crippen LogP contribution is 2.39. The molecule has 2 fully saturated rings. The van der Waals surface area contributed by atoms with Gasteiger partial charge in [0.25, 0.3) is 0 Å². The van der Waals surface area contributed by atoms with Crippen molar-refractivity contribution < 1.29 is 13.5 Å². The molecule has 1 aliphatic heterocycles. The molecular formula is C15H21NO3S. The highest BCUT2D eigenvalue weighted by Gasteiger charge is 2.40. The van der Waals surface area contributed by atoms with Gasteiger partial charge in [-0.3, -0.25) is 0 Å². The topological polar surface area (TPSA) is 57.6 Å². The summed E-state index contributed by atoms with van der Waals surface area (Å²) in [7, 11) is -3.20. The molecule has 1 aliphatic carbocycles. The molecule has 1 N–H and O–H groups in total. The van der Waals surface area contributed by atoms with Crippen molar-refractivity contribution in [3.8, 4) is 0 Å². The van der Waals surface area contributed by atoms with Gasteiger partial charge < -0.3 is 5.11 Å². The second-order valence-electron chi connectivity index (χ2n) is 6.00. The minimum Gasteiger partial charge on any atom is -0.392 e. The molecule has 0 bridgehead atoms. The summed E-state index contributed by atoms with van der Waals surface area (Å²) in [4.78, 5) is 0. The van der Waals surface area contributed by atoms with E-state index in [2.05, 4.69) is 0 Å². The molecule has 3 rings (SSSR count). The molecule has 1 aromatic carbocycles. The Bertz CT molecular complexity index is 555. The van der Waals surface area contributed by atoms with Crippen LogP contribution in [0.3, 0.4) is 0 Å². The minimum atomic E-state index is -3.20. The highest BCUT2D eigenvalue weighted by molar-refractivity contribution is 7.88. The molecule has 4 nitrogen and oxygen atoms in total. The van der Waals surface area contributed by atoms with Crippen LogP contribution in [-0.2, 0) is 22.4 Å². The number of aliphatic hydroxyl groups is 1. The predicted molar refractivity (Wildman–Crippen MR) is 77.4 cm³/mol. The van der Waals surface area contributed by atoms with E-state index in [9.17, 15) is 8.42 Å². The summed E-state index contributed by atoms with van der Waals surface area (Å²) in [6.45, 7) is 1.41. The van der Waals surface area contributed by atoms with Crippen LogP contribution in [0.4, 0.5) is 0 Å². The molecule has 0 aromatic heterocycles. The summed E-state index contributed by atoms with van der Waals surface area (Å²) in [6.07, 6.45) is 3.62. The number of hydrogen-bond donors (Lipinski definition) is 1. The van der Waals surface area contributed by atoms with Crippen molar-refractivity contribution in [3.05, 3.63) is 35.4 Å². The van der Waals surface area contributed by atoms with E-state index in [0.29, 0.717) is 24.9 Å². The van der Waals surface area contributed by atoms with Crippen LogP contribution >= 0.6 is 0 Å². The molecule has 1 aromatic rings. The van der Waals surface area contributed by atoms with Crippen LogP contribution < -0.4 is 0 Å². The number of benzene rings is 1. The van der Waals surface area contributed by atoms with Gasteiger partial charge in [0, 0.05) is 13.1 Å². The Labute approximate surface area is 120 Å². The molecule has 1 heterocycles. The van der Waals surface area contributed by atoms with Crippen LogP contribution in [-0.4, -0.2) is 30.9 Å². The van der Waals surface area contributed by atoms with E-state index in [1.807, 2.05) is 0 Å². The quantitative estimate of drug-likeness (QED) is 0.920. The fourth-order valence-corrected chi connectivity index (χ4v) is 5.10. The summed E-state index contributed by atoms with van der Waals surface area (Å²) in [5.41, 5.74) is 1.60. The van der Waals surface area contributed by atoms with Crippen molar-refractivity contribution in [2.75, 3.05) is 13.1 Å². The first kappa shape index (κ1) is 14.0. The molecular weight excluding hydrogens is 274 g/mol. The summed E-state index contributed by atoms with van der Waals surface area (Å²) >= 11 is 0. The zero-order valence-electron chi connectivity index (χ0n) is 11.5. The first-order valence-electron chi connectivity index (χ1n) is 7.25. The van der Waals surface area contributed by atoms with Crippen molar-refractivity contribution in [3.63, 3.8) is 0 Å². The summed E-state index contributed by atoms with van der Waals surface area (Å²) in [5.74, 6) is 1.24. The number of aliphatic hydroxyl groups excluding tert-OH is 1. The van der Waals surface area contributed by atoms with Crippen molar-refractivity contribution in [1.82, 2.24) is 4.31 Å². The molecule has 2 aliphatic rings. The lowest BCUT2D eigenvalue weighted by molar-refractivity contribution is 0.282. The fourth-order valence-electron chi connectivity index (χ4n) is 3.46. The standard InChI is InChI=1S/C15H21NO3S/c17-10-12-4-6-13(7-5-12)11-20(18,19)16-8-14-2-1-3-15(14)9-16/h4-7,14-15,17H,1-3,8-11H2. The van der Waals surface area contributed by atoms with E-state index in [-0.39, 0.29) is 12.4 Å². The van der Waals surface area contributed by atoms with Gasteiger partial charge in [-0.15, -0.1) is 0 Å². The Morgan fingerprint density at radius 3 is 2.15 bits per heavy atom. The van der Waals surface area contributed by atoms with Crippen molar-refractivity contribution >= 4 is 10.0 Å². The Hall–Kier alpha value is -0.910. The van der Waals surface area contributed by atoms with Gasteiger partial charge in [0.1, 0.15) is 0 Å². The van der Waals surface area contributed by atoms with Gasteiger partial charge in [0.2, 0.25) is 10.0 Å². The van der Waals surface area contributed by atoms with E-state index in [4.69, 9.17) is 5.11 Å². The lowest BCUT2D eigenvalue weighted by atomic mass is 10.0. The third-order valence-electron chi connectivity index (χ3n) is 4.64. The molecule has 1 saturated heterocycles. The maximum absolute atomic E-state index is 12.5. The third-order valence-corrected chi connectivity index (χ3v) is 6.42. The Balaban J connectivity index is 1.69. The van der Waals surface area contributed by atoms with E-state index in [0.717, 1.165) is 11.1 Å². The monoisotopic (exact) mass is 295 g/mol. The summed E-state index contributed by atoms with van der Waals surface area (Å²) < 4.78 is 26.6. The zero-order chi connectivity index (χ0) is 14.2. The molecule has 2 unspecified atom stereocenters. The molecule has 0 amide bonds.